The molecule has 0 aliphatic heterocycles. The van der Waals surface area contributed by atoms with Crippen molar-refractivity contribution in [2.45, 2.75) is 18.3 Å². The molecule has 1 N–H and O–H groups in total. The highest BCUT2D eigenvalue weighted by molar-refractivity contribution is 9.10. The van der Waals surface area contributed by atoms with Crippen LogP contribution in [0.5, 0.6) is 0 Å². The van der Waals surface area contributed by atoms with Gasteiger partial charge in [-0.1, -0.05) is 18.2 Å². The second-order valence-electron chi connectivity index (χ2n) is 4.68. The summed E-state index contributed by atoms with van der Waals surface area (Å²) in [6.07, 6.45) is 3.46. The number of nitrogens with zero attached hydrogens (tertiary/aromatic N) is 1. The Labute approximate surface area is 107 Å². The molecule has 0 radical (unpaired) electrons. The Hall–Kier alpha value is -1.29. The quantitative estimate of drug-likeness (QED) is 0.925. The molecule has 2 aromatic rings. The molecule has 0 spiro atoms. The van der Waals surface area contributed by atoms with Gasteiger partial charge >= 0.3 is 5.97 Å². The van der Waals surface area contributed by atoms with E-state index in [2.05, 4.69) is 15.9 Å². The van der Waals surface area contributed by atoms with Crippen LogP contribution in [-0.4, -0.2) is 15.6 Å². The lowest BCUT2D eigenvalue weighted by Gasteiger charge is -2.13. The lowest BCUT2D eigenvalue weighted by atomic mass is 9.94. The van der Waals surface area contributed by atoms with Crippen LogP contribution in [0.3, 0.4) is 0 Å². The molecule has 1 aromatic carbocycles. The molecule has 1 heterocycles. The van der Waals surface area contributed by atoms with Crippen LogP contribution in [0.4, 0.5) is 0 Å². The minimum absolute atomic E-state index is 0.648. The van der Waals surface area contributed by atoms with E-state index in [1.165, 1.54) is 0 Å². The summed E-state index contributed by atoms with van der Waals surface area (Å²) in [5.74, 6) is -0.706. The van der Waals surface area contributed by atoms with Gasteiger partial charge in [0, 0.05) is 23.1 Å². The molecule has 88 valence electrons. The summed E-state index contributed by atoms with van der Waals surface area (Å²) >= 11 is 3.51. The lowest BCUT2D eigenvalue weighted by molar-refractivity contribution is -0.140. The van der Waals surface area contributed by atoms with Crippen molar-refractivity contribution in [1.29, 1.82) is 0 Å². The van der Waals surface area contributed by atoms with E-state index in [9.17, 15) is 9.90 Å². The normalized spacial score (nSPS) is 17.3. The Bertz CT molecular complexity index is 626. The molecule has 1 aliphatic rings. The minimum Gasteiger partial charge on any atom is -0.481 e. The molecular weight excluding hydrogens is 282 g/mol. The zero-order valence-corrected chi connectivity index (χ0v) is 11.0. The Morgan fingerprint density at radius 2 is 2.18 bits per heavy atom. The molecule has 0 saturated heterocycles. The van der Waals surface area contributed by atoms with Crippen molar-refractivity contribution >= 4 is 32.8 Å². The van der Waals surface area contributed by atoms with E-state index in [-0.39, 0.29) is 0 Å². The van der Waals surface area contributed by atoms with E-state index in [1.54, 1.807) is 0 Å². The predicted molar refractivity (Wildman–Crippen MR) is 69.2 cm³/mol. The summed E-state index contributed by atoms with van der Waals surface area (Å²) in [6.45, 7) is 0. The average Bonchev–Trinajstić information content (AvgIpc) is 3.04. The number of hydrogen-bond donors (Lipinski definition) is 1. The number of fused-ring (bicyclic) bond motifs is 1. The molecule has 4 heteroatoms. The molecule has 1 saturated carbocycles. The smallest absolute Gasteiger partial charge is 0.314 e. The summed E-state index contributed by atoms with van der Waals surface area (Å²) in [7, 11) is 1.95. The van der Waals surface area contributed by atoms with Gasteiger partial charge in [-0.05, 0) is 34.3 Å². The molecule has 0 unspecified atom stereocenters. The Balaban J connectivity index is 2.34. The standard InChI is InChI=1S/C13H12BrNO2/c1-15-7-10(14)8-3-2-4-9(11(8)15)13(5-6-13)12(16)17/h2-4,7H,5-6H2,1H3,(H,16,17). The van der Waals surface area contributed by atoms with E-state index < -0.39 is 11.4 Å². The van der Waals surface area contributed by atoms with Crippen molar-refractivity contribution in [1.82, 2.24) is 4.57 Å². The van der Waals surface area contributed by atoms with Gasteiger partial charge < -0.3 is 9.67 Å². The number of aromatic nitrogens is 1. The fourth-order valence-electron chi connectivity index (χ4n) is 2.53. The summed E-state index contributed by atoms with van der Waals surface area (Å²) < 4.78 is 3.01. The van der Waals surface area contributed by atoms with Crippen LogP contribution >= 0.6 is 15.9 Å². The average molecular weight is 294 g/mol. The van der Waals surface area contributed by atoms with Crippen LogP contribution in [0.25, 0.3) is 10.9 Å². The fourth-order valence-corrected chi connectivity index (χ4v) is 3.16. The van der Waals surface area contributed by atoms with Crippen LogP contribution in [0.1, 0.15) is 18.4 Å². The van der Waals surface area contributed by atoms with Gasteiger partial charge in [-0.2, -0.15) is 0 Å². The second kappa shape index (κ2) is 3.35. The number of carbonyl (C=O) groups is 1. The van der Waals surface area contributed by atoms with Crippen molar-refractivity contribution in [3.8, 4) is 0 Å². The second-order valence-corrected chi connectivity index (χ2v) is 5.53. The van der Waals surface area contributed by atoms with E-state index >= 15 is 0 Å². The first kappa shape index (κ1) is 10.8. The van der Waals surface area contributed by atoms with Crippen LogP contribution < -0.4 is 0 Å². The van der Waals surface area contributed by atoms with Gasteiger partial charge in [0.25, 0.3) is 0 Å². The largest absolute Gasteiger partial charge is 0.481 e. The topological polar surface area (TPSA) is 42.2 Å². The van der Waals surface area contributed by atoms with E-state index in [4.69, 9.17) is 0 Å². The number of aliphatic carboxylic acids is 1. The number of carboxylic acid groups (broad SMARTS) is 1. The van der Waals surface area contributed by atoms with Gasteiger partial charge in [0.2, 0.25) is 0 Å². The first-order valence-corrected chi connectivity index (χ1v) is 6.33. The number of para-hydroxylation sites is 1. The first-order chi connectivity index (χ1) is 8.06. The van der Waals surface area contributed by atoms with Gasteiger partial charge in [-0.3, -0.25) is 4.79 Å². The van der Waals surface area contributed by atoms with Crippen molar-refractivity contribution in [3.05, 3.63) is 34.4 Å². The number of hydrogen-bond acceptors (Lipinski definition) is 1. The third kappa shape index (κ3) is 1.37. The van der Waals surface area contributed by atoms with E-state index in [0.717, 1.165) is 33.8 Å². The summed E-state index contributed by atoms with van der Waals surface area (Å²) in [6, 6.07) is 5.89. The Morgan fingerprint density at radius 1 is 1.47 bits per heavy atom. The molecule has 0 atom stereocenters. The van der Waals surface area contributed by atoms with E-state index in [1.807, 2.05) is 36.0 Å². The summed E-state index contributed by atoms with van der Waals surface area (Å²) in [4.78, 5) is 11.4. The number of carboxylic acids is 1. The monoisotopic (exact) mass is 293 g/mol. The van der Waals surface area contributed by atoms with Gasteiger partial charge in [0.15, 0.2) is 0 Å². The molecule has 3 nitrogen and oxygen atoms in total. The molecule has 3 rings (SSSR count). The van der Waals surface area contributed by atoms with Crippen LogP contribution in [0.15, 0.2) is 28.9 Å². The SMILES string of the molecule is Cn1cc(Br)c2cccc(C3(C(=O)O)CC3)c21. The molecule has 0 amide bonds. The Kier molecular flexibility index (Phi) is 2.14. The third-order valence-electron chi connectivity index (χ3n) is 3.63. The van der Waals surface area contributed by atoms with Crippen molar-refractivity contribution in [2.75, 3.05) is 0 Å². The zero-order valence-electron chi connectivity index (χ0n) is 9.40. The Morgan fingerprint density at radius 3 is 2.76 bits per heavy atom. The number of aryl methyl sites for hydroxylation is 1. The van der Waals surface area contributed by atoms with Gasteiger partial charge in [0.05, 0.1) is 10.9 Å². The molecular formula is C13H12BrNO2. The van der Waals surface area contributed by atoms with Gasteiger partial charge in [0.1, 0.15) is 0 Å². The van der Waals surface area contributed by atoms with Gasteiger partial charge in [-0.15, -0.1) is 0 Å². The third-order valence-corrected chi connectivity index (χ3v) is 4.26. The van der Waals surface area contributed by atoms with E-state index in [0.29, 0.717) is 0 Å². The maximum atomic E-state index is 11.4. The maximum absolute atomic E-state index is 11.4. The number of rotatable bonds is 2. The number of benzene rings is 1. The van der Waals surface area contributed by atoms with Crippen molar-refractivity contribution < 1.29 is 9.90 Å². The first-order valence-electron chi connectivity index (χ1n) is 5.54. The van der Waals surface area contributed by atoms with Gasteiger partial charge in [-0.25, -0.2) is 0 Å². The highest BCUT2D eigenvalue weighted by Crippen LogP contribution is 2.51. The highest BCUT2D eigenvalue weighted by Gasteiger charge is 2.52. The van der Waals surface area contributed by atoms with Crippen LogP contribution in [0.2, 0.25) is 0 Å². The lowest BCUT2D eigenvalue weighted by Crippen LogP contribution is -2.20. The molecule has 17 heavy (non-hydrogen) atoms. The van der Waals surface area contributed by atoms with Crippen LogP contribution in [-0.2, 0) is 17.3 Å². The summed E-state index contributed by atoms with van der Waals surface area (Å²) in [5, 5.41) is 10.5. The molecule has 1 aliphatic carbocycles. The zero-order chi connectivity index (χ0) is 12.2. The fraction of sp³-hybridized carbons (Fsp3) is 0.308. The molecule has 0 bridgehead atoms. The maximum Gasteiger partial charge on any atom is 0.314 e. The minimum atomic E-state index is -0.706. The highest BCUT2D eigenvalue weighted by atomic mass is 79.9. The number of halogens is 1. The van der Waals surface area contributed by atoms with Crippen molar-refractivity contribution in [2.24, 2.45) is 7.05 Å². The van der Waals surface area contributed by atoms with Crippen molar-refractivity contribution in [3.63, 3.8) is 0 Å². The predicted octanol–water partition coefficient (Wildman–Crippen LogP) is 3.06. The molecule has 1 aromatic heterocycles. The molecule has 1 fully saturated rings. The van der Waals surface area contributed by atoms with Crippen LogP contribution in [0, 0.1) is 0 Å². The summed E-state index contributed by atoms with van der Waals surface area (Å²) in [5.41, 5.74) is 1.32.